The van der Waals surface area contributed by atoms with Crippen LogP contribution in [0.4, 0.5) is 20.2 Å². The molecule has 0 fully saturated rings. The van der Waals surface area contributed by atoms with Gasteiger partial charge in [0.05, 0.1) is 11.4 Å². The van der Waals surface area contributed by atoms with Gasteiger partial charge in [0.25, 0.3) is 0 Å². The van der Waals surface area contributed by atoms with Crippen molar-refractivity contribution in [2.75, 3.05) is 16.8 Å². The summed E-state index contributed by atoms with van der Waals surface area (Å²) >= 11 is 1.28. The van der Waals surface area contributed by atoms with Crippen LogP contribution in [0.3, 0.4) is 0 Å². The molecule has 1 amide bonds. The molecule has 0 aliphatic heterocycles. The first kappa shape index (κ1) is 14.3. The van der Waals surface area contributed by atoms with Crippen LogP contribution in [0.5, 0.6) is 0 Å². The van der Waals surface area contributed by atoms with Crippen molar-refractivity contribution >= 4 is 29.0 Å². The molecule has 0 aliphatic rings. The lowest BCUT2D eigenvalue weighted by atomic mass is 10.2. The quantitative estimate of drug-likeness (QED) is 0.672. The molecule has 104 valence electrons. The number of nitrogen functional groups attached to an aromatic ring is 1. The second-order valence-corrected chi connectivity index (χ2v) is 5.08. The third-order valence-electron chi connectivity index (χ3n) is 2.46. The molecular formula is C14H12F2N2OS. The van der Waals surface area contributed by atoms with Gasteiger partial charge in [-0.1, -0.05) is 0 Å². The number of carbonyl (C=O) groups is 1. The maximum Gasteiger partial charge on any atom is 0.234 e. The number of nitrogens with one attached hydrogen (secondary N) is 1. The lowest BCUT2D eigenvalue weighted by molar-refractivity contribution is -0.113. The molecule has 0 aromatic heterocycles. The average molecular weight is 294 g/mol. The molecule has 0 saturated heterocycles. The second-order valence-electron chi connectivity index (χ2n) is 4.03. The number of nitrogens with two attached hydrogens (primary N) is 1. The van der Waals surface area contributed by atoms with E-state index in [1.807, 2.05) is 0 Å². The molecule has 0 bridgehead atoms. The van der Waals surface area contributed by atoms with Gasteiger partial charge in [0.2, 0.25) is 5.91 Å². The van der Waals surface area contributed by atoms with E-state index in [1.165, 1.54) is 42.1 Å². The molecule has 3 nitrogen and oxygen atoms in total. The van der Waals surface area contributed by atoms with Crippen molar-refractivity contribution in [2.45, 2.75) is 4.90 Å². The molecule has 0 saturated carbocycles. The standard InChI is InChI=1S/C14H12F2N2OS/c15-9-1-4-11(5-2-9)20-8-14(19)18-10-3-6-12(16)13(17)7-10/h1-7H,8,17H2,(H,18,19). The van der Waals surface area contributed by atoms with Crippen LogP contribution in [0.15, 0.2) is 47.4 Å². The highest BCUT2D eigenvalue weighted by molar-refractivity contribution is 8.00. The third-order valence-corrected chi connectivity index (χ3v) is 3.48. The van der Waals surface area contributed by atoms with E-state index in [1.54, 1.807) is 12.1 Å². The van der Waals surface area contributed by atoms with Crippen molar-refractivity contribution in [1.82, 2.24) is 0 Å². The van der Waals surface area contributed by atoms with Crippen molar-refractivity contribution in [3.05, 3.63) is 54.1 Å². The Labute approximate surface area is 119 Å². The third kappa shape index (κ3) is 3.96. The molecule has 0 unspecified atom stereocenters. The number of anilines is 2. The topological polar surface area (TPSA) is 55.1 Å². The van der Waals surface area contributed by atoms with Crippen molar-refractivity contribution < 1.29 is 13.6 Å². The lowest BCUT2D eigenvalue weighted by Gasteiger charge is -2.06. The summed E-state index contributed by atoms with van der Waals surface area (Å²) in [4.78, 5) is 12.5. The summed E-state index contributed by atoms with van der Waals surface area (Å²) in [6, 6.07) is 9.86. The molecule has 0 atom stereocenters. The number of halogens is 2. The van der Waals surface area contributed by atoms with Crippen molar-refractivity contribution in [3.63, 3.8) is 0 Å². The molecule has 0 aliphatic carbocycles. The minimum Gasteiger partial charge on any atom is -0.396 e. The first-order valence-corrected chi connectivity index (χ1v) is 6.76. The van der Waals surface area contributed by atoms with Crippen LogP contribution >= 0.6 is 11.8 Å². The van der Waals surface area contributed by atoms with Crippen LogP contribution in [-0.4, -0.2) is 11.7 Å². The number of carbonyl (C=O) groups excluding carboxylic acids is 1. The Balaban J connectivity index is 1.89. The highest BCUT2D eigenvalue weighted by Gasteiger charge is 2.06. The summed E-state index contributed by atoms with van der Waals surface area (Å²) in [5.41, 5.74) is 5.83. The van der Waals surface area contributed by atoms with Crippen LogP contribution in [0, 0.1) is 11.6 Å². The average Bonchev–Trinajstić information content (AvgIpc) is 2.42. The van der Waals surface area contributed by atoms with Crippen LogP contribution in [0.1, 0.15) is 0 Å². The fourth-order valence-corrected chi connectivity index (χ4v) is 2.20. The number of rotatable bonds is 4. The summed E-state index contributed by atoms with van der Waals surface area (Å²) in [6.07, 6.45) is 0. The summed E-state index contributed by atoms with van der Waals surface area (Å²) in [5, 5.41) is 2.61. The number of amides is 1. The van der Waals surface area contributed by atoms with E-state index in [9.17, 15) is 13.6 Å². The minimum atomic E-state index is -0.524. The van der Waals surface area contributed by atoms with Crippen LogP contribution in [-0.2, 0) is 4.79 Å². The smallest absolute Gasteiger partial charge is 0.234 e. The van der Waals surface area contributed by atoms with E-state index >= 15 is 0 Å². The van der Waals surface area contributed by atoms with E-state index in [2.05, 4.69) is 5.32 Å². The number of thioether (sulfide) groups is 1. The van der Waals surface area contributed by atoms with E-state index in [-0.39, 0.29) is 23.2 Å². The highest BCUT2D eigenvalue weighted by Crippen LogP contribution is 2.20. The largest absolute Gasteiger partial charge is 0.396 e. The number of benzene rings is 2. The Kier molecular flexibility index (Phi) is 4.57. The Morgan fingerprint density at radius 2 is 1.85 bits per heavy atom. The maximum atomic E-state index is 13.0. The Bertz CT molecular complexity index is 617. The van der Waals surface area contributed by atoms with Crippen LogP contribution in [0.2, 0.25) is 0 Å². The van der Waals surface area contributed by atoms with Gasteiger partial charge in [0, 0.05) is 10.6 Å². The summed E-state index contributed by atoms with van der Waals surface area (Å²) in [6.45, 7) is 0. The zero-order chi connectivity index (χ0) is 14.5. The maximum absolute atomic E-state index is 13.0. The Morgan fingerprint density at radius 3 is 2.50 bits per heavy atom. The summed E-state index contributed by atoms with van der Waals surface area (Å²) < 4.78 is 25.7. The van der Waals surface area contributed by atoms with Gasteiger partial charge < -0.3 is 11.1 Å². The van der Waals surface area contributed by atoms with Gasteiger partial charge in [-0.25, -0.2) is 8.78 Å². The van der Waals surface area contributed by atoms with Crippen LogP contribution < -0.4 is 11.1 Å². The molecular weight excluding hydrogens is 282 g/mol. The summed E-state index contributed by atoms with van der Waals surface area (Å²) in [5.74, 6) is -0.919. The monoisotopic (exact) mass is 294 g/mol. The van der Waals surface area contributed by atoms with Gasteiger partial charge in [-0.05, 0) is 42.5 Å². The molecule has 20 heavy (non-hydrogen) atoms. The van der Waals surface area contributed by atoms with E-state index in [0.29, 0.717) is 5.69 Å². The van der Waals surface area contributed by atoms with Gasteiger partial charge >= 0.3 is 0 Å². The SMILES string of the molecule is Nc1cc(NC(=O)CSc2ccc(F)cc2)ccc1F. The predicted octanol–water partition coefficient (Wildman–Crippen LogP) is 3.28. The molecule has 2 rings (SSSR count). The van der Waals surface area contributed by atoms with Crippen LogP contribution in [0.25, 0.3) is 0 Å². The fourth-order valence-electron chi connectivity index (χ4n) is 1.50. The second kappa shape index (κ2) is 6.38. The predicted molar refractivity (Wildman–Crippen MR) is 76.6 cm³/mol. The highest BCUT2D eigenvalue weighted by atomic mass is 32.2. The number of hydrogen-bond donors (Lipinski definition) is 2. The van der Waals surface area contributed by atoms with Gasteiger partial charge in [-0.15, -0.1) is 11.8 Å². The van der Waals surface area contributed by atoms with Crippen molar-refractivity contribution in [2.24, 2.45) is 0 Å². The zero-order valence-corrected chi connectivity index (χ0v) is 11.2. The number of hydrogen-bond acceptors (Lipinski definition) is 3. The zero-order valence-electron chi connectivity index (χ0n) is 10.4. The molecule has 2 aromatic carbocycles. The van der Waals surface area contributed by atoms with Crippen molar-refractivity contribution in [1.29, 1.82) is 0 Å². The van der Waals surface area contributed by atoms with E-state index in [0.717, 1.165) is 4.90 Å². The molecule has 0 heterocycles. The van der Waals surface area contributed by atoms with Gasteiger partial charge in [0.15, 0.2) is 0 Å². The molecule has 3 N–H and O–H groups in total. The van der Waals surface area contributed by atoms with Crippen molar-refractivity contribution in [3.8, 4) is 0 Å². The Morgan fingerprint density at radius 1 is 1.15 bits per heavy atom. The first-order chi connectivity index (χ1) is 9.54. The van der Waals surface area contributed by atoms with E-state index < -0.39 is 5.82 Å². The fraction of sp³-hybridized carbons (Fsp3) is 0.0714. The molecule has 2 aromatic rings. The molecule has 0 spiro atoms. The normalized spacial score (nSPS) is 10.3. The minimum absolute atomic E-state index is 0.0195. The van der Waals surface area contributed by atoms with E-state index in [4.69, 9.17) is 5.73 Å². The molecule has 6 heteroatoms. The van der Waals surface area contributed by atoms with Gasteiger partial charge in [-0.2, -0.15) is 0 Å². The molecule has 0 radical (unpaired) electrons. The van der Waals surface area contributed by atoms with Gasteiger partial charge in [-0.3, -0.25) is 4.79 Å². The Hall–Kier alpha value is -2.08. The summed E-state index contributed by atoms with van der Waals surface area (Å²) in [7, 11) is 0. The lowest BCUT2D eigenvalue weighted by Crippen LogP contribution is -2.14. The van der Waals surface area contributed by atoms with Gasteiger partial charge in [0.1, 0.15) is 11.6 Å². The first-order valence-electron chi connectivity index (χ1n) is 5.78.